The van der Waals surface area contributed by atoms with Crippen molar-refractivity contribution >= 4 is 51.6 Å². The quantitative estimate of drug-likeness (QED) is 0.383. The van der Waals surface area contributed by atoms with Crippen LogP contribution in [-0.4, -0.2) is 44.0 Å². The molecule has 2 aromatic carbocycles. The van der Waals surface area contributed by atoms with Crippen molar-refractivity contribution in [1.29, 1.82) is 0 Å². The Morgan fingerprint density at radius 1 is 1.23 bits per heavy atom. The summed E-state index contributed by atoms with van der Waals surface area (Å²) in [7, 11) is 1.57. The minimum absolute atomic E-state index is 0.111. The van der Waals surface area contributed by atoms with E-state index >= 15 is 0 Å². The van der Waals surface area contributed by atoms with Crippen molar-refractivity contribution < 1.29 is 19.0 Å². The maximum absolute atomic E-state index is 12.0. The Kier molecular flexibility index (Phi) is 8.77. The number of benzene rings is 2. The number of thioether (sulfide) groups is 2. The summed E-state index contributed by atoms with van der Waals surface area (Å²) in [4.78, 5) is 12.0. The van der Waals surface area contributed by atoms with Crippen LogP contribution >= 0.6 is 39.5 Å². The van der Waals surface area contributed by atoms with Gasteiger partial charge >= 0.3 is 0 Å². The molecule has 30 heavy (non-hydrogen) atoms. The molecule has 1 N–H and O–H groups in total. The number of hydrogen-bond acceptors (Lipinski definition) is 7. The number of carbonyl (C=O) groups excluding carboxylic acids is 1. The second-order valence-electron chi connectivity index (χ2n) is 6.19. The van der Waals surface area contributed by atoms with Gasteiger partial charge in [-0.1, -0.05) is 12.1 Å². The first-order chi connectivity index (χ1) is 14.6. The van der Waals surface area contributed by atoms with Gasteiger partial charge in [0.1, 0.15) is 5.75 Å². The number of carbonyl (C=O) groups is 1. The molecule has 1 aliphatic heterocycles. The highest BCUT2D eigenvalue weighted by atomic mass is 79.9. The van der Waals surface area contributed by atoms with Gasteiger partial charge < -0.3 is 14.2 Å². The van der Waals surface area contributed by atoms with Crippen molar-refractivity contribution in [2.75, 3.05) is 31.8 Å². The fourth-order valence-corrected chi connectivity index (χ4v) is 6.16. The average molecular weight is 511 g/mol. The van der Waals surface area contributed by atoms with Crippen molar-refractivity contribution in [3.8, 4) is 17.2 Å². The van der Waals surface area contributed by atoms with E-state index < -0.39 is 0 Å². The van der Waals surface area contributed by atoms with Crippen molar-refractivity contribution in [3.63, 3.8) is 0 Å². The topological polar surface area (TPSA) is 69.2 Å². The van der Waals surface area contributed by atoms with E-state index in [9.17, 15) is 4.79 Å². The molecule has 6 nitrogen and oxygen atoms in total. The van der Waals surface area contributed by atoms with Crippen LogP contribution in [0.1, 0.15) is 22.6 Å². The number of halogens is 1. The number of ether oxygens (including phenoxy) is 3. The Morgan fingerprint density at radius 3 is 2.63 bits per heavy atom. The van der Waals surface area contributed by atoms with Gasteiger partial charge in [0.25, 0.3) is 5.91 Å². The van der Waals surface area contributed by atoms with Gasteiger partial charge in [-0.3, -0.25) is 4.79 Å². The number of rotatable bonds is 9. The third kappa shape index (κ3) is 6.33. The van der Waals surface area contributed by atoms with Crippen LogP contribution in [0.5, 0.6) is 17.2 Å². The standard InChI is InChI=1S/C21H23BrN2O4S2/c1-3-27-20-17(22)10-14(11-18(20)26-2)12-23-24-19(25)13-28-16-6-4-15(5-7-16)21-29-8-9-30-21/h4-7,10-12,21H,3,8-9,13H2,1-2H3,(H,24,25)/b23-12-. The molecule has 0 saturated carbocycles. The molecule has 2 aromatic rings. The van der Waals surface area contributed by atoms with Crippen LogP contribution in [0.4, 0.5) is 0 Å². The molecular weight excluding hydrogens is 488 g/mol. The number of nitrogens with zero attached hydrogens (tertiary/aromatic N) is 1. The van der Waals surface area contributed by atoms with Crippen LogP contribution in [0.2, 0.25) is 0 Å². The molecular formula is C21H23BrN2O4S2. The molecule has 0 aliphatic carbocycles. The summed E-state index contributed by atoms with van der Waals surface area (Å²) >= 11 is 7.38. The molecule has 0 bridgehead atoms. The monoisotopic (exact) mass is 510 g/mol. The lowest BCUT2D eigenvalue weighted by molar-refractivity contribution is -0.123. The third-order valence-corrected chi connectivity index (χ3v) is 7.78. The molecule has 0 radical (unpaired) electrons. The molecule has 0 spiro atoms. The van der Waals surface area contributed by atoms with Crippen LogP contribution in [0.15, 0.2) is 46.0 Å². The van der Waals surface area contributed by atoms with Gasteiger partial charge in [-0.25, -0.2) is 5.43 Å². The molecule has 1 heterocycles. The van der Waals surface area contributed by atoms with Crippen LogP contribution in [0.25, 0.3) is 0 Å². The van der Waals surface area contributed by atoms with Gasteiger partial charge in [-0.15, -0.1) is 23.5 Å². The summed E-state index contributed by atoms with van der Waals surface area (Å²) in [6.07, 6.45) is 1.53. The maximum Gasteiger partial charge on any atom is 0.277 e. The van der Waals surface area contributed by atoms with Gasteiger partial charge in [0.2, 0.25) is 0 Å². The molecule has 1 amide bonds. The Balaban J connectivity index is 1.49. The van der Waals surface area contributed by atoms with E-state index in [2.05, 4.69) is 38.6 Å². The van der Waals surface area contributed by atoms with E-state index in [0.717, 1.165) is 10.0 Å². The third-order valence-electron chi connectivity index (χ3n) is 4.09. The Labute approximate surface area is 193 Å². The predicted molar refractivity (Wildman–Crippen MR) is 127 cm³/mol. The highest BCUT2D eigenvalue weighted by molar-refractivity contribution is 9.10. The second-order valence-corrected chi connectivity index (χ2v) is 9.77. The lowest BCUT2D eigenvalue weighted by Gasteiger charge is -2.12. The van der Waals surface area contributed by atoms with E-state index in [1.165, 1.54) is 23.3 Å². The van der Waals surface area contributed by atoms with Crippen LogP contribution in [-0.2, 0) is 4.79 Å². The molecule has 1 fully saturated rings. The van der Waals surface area contributed by atoms with Crippen molar-refractivity contribution in [2.24, 2.45) is 5.10 Å². The molecule has 0 aromatic heterocycles. The van der Waals surface area contributed by atoms with Gasteiger partial charge in [0, 0.05) is 11.5 Å². The van der Waals surface area contributed by atoms with Crippen LogP contribution < -0.4 is 19.6 Å². The number of methoxy groups -OCH3 is 1. The zero-order valence-electron chi connectivity index (χ0n) is 16.7. The minimum Gasteiger partial charge on any atom is -0.493 e. The van der Waals surface area contributed by atoms with Crippen molar-refractivity contribution in [1.82, 2.24) is 5.43 Å². The predicted octanol–water partition coefficient (Wildman–Crippen LogP) is 4.86. The van der Waals surface area contributed by atoms with Gasteiger partial charge in [-0.2, -0.15) is 5.10 Å². The van der Waals surface area contributed by atoms with E-state index in [4.69, 9.17) is 14.2 Å². The fraction of sp³-hybridized carbons (Fsp3) is 0.333. The first kappa shape index (κ1) is 22.8. The lowest BCUT2D eigenvalue weighted by Crippen LogP contribution is -2.24. The average Bonchev–Trinajstić information content (AvgIpc) is 3.29. The Morgan fingerprint density at radius 2 is 1.97 bits per heavy atom. The van der Waals surface area contributed by atoms with Crippen LogP contribution in [0, 0.1) is 0 Å². The van der Waals surface area contributed by atoms with Gasteiger partial charge in [0.05, 0.1) is 29.0 Å². The molecule has 160 valence electrons. The van der Waals surface area contributed by atoms with E-state index in [-0.39, 0.29) is 12.5 Å². The SMILES string of the molecule is CCOc1c(Br)cc(/C=N\NC(=O)COc2ccc(C3SCCS3)cc2)cc1OC. The number of hydrazone groups is 1. The summed E-state index contributed by atoms with van der Waals surface area (Å²) in [5.41, 5.74) is 4.50. The minimum atomic E-state index is -0.339. The summed E-state index contributed by atoms with van der Waals surface area (Å²) < 4.78 is 17.7. The zero-order valence-corrected chi connectivity index (χ0v) is 19.9. The normalized spacial score (nSPS) is 14.1. The summed E-state index contributed by atoms with van der Waals surface area (Å²) in [6.45, 7) is 2.32. The van der Waals surface area contributed by atoms with Gasteiger partial charge in [0.15, 0.2) is 18.1 Å². The maximum atomic E-state index is 12.0. The first-order valence-corrected chi connectivity index (χ1v) is 12.3. The van der Waals surface area contributed by atoms with E-state index in [0.29, 0.717) is 28.4 Å². The molecule has 0 atom stereocenters. The molecule has 3 rings (SSSR count). The number of amides is 1. The smallest absolute Gasteiger partial charge is 0.277 e. The Bertz CT molecular complexity index is 887. The van der Waals surface area contributed by atoms with E-state index in [1.807, 2.05) is 48.6 Å². The second kappa shape index (κ2) is 11.5. The van der Waals surface area contributed by atoms with Crippen LogP contribution in [0.3, 0.4) is 0 Å². The fourth-order valence-electron chi connectivity index (χ4n) is 2.73. The largest absolute Gasteiger partial charge is 0.493 e. The molecule has 0 unspecified atom stereocenters. The number of hydrogen-bond donors (Lipinski definition) is 1. The lowest BCUT2D eigenvalue weighted by atomic mass is 10.2. The van der Waals surface area contributed by atoms with Crippen molar-refractivity contribution in [2.45, 2.75) is 11.5 Å². The summed E-state index contributed by atoms with van der Waals surface area (Å²) in [5, 5.41) is 3.99. The molecule has 1 aliphatic rings. The summed E-state index contributed by atoms with van der Waals surface area (Å²) in [6, 6.07) is 11.5. The number of nitrogens with one attached hydrogen (secondary N) is 1. The van der Waals surface area contributed by atoms with Crippen molar-refractivity contribution in [3.05, 3.63) is 52.0 Å². The zero-order chi connectivity index (χ0) is 21.3. The first-order valence-electron chi connectivity index (χ1n) is 9.39. The van der Waals surface area contributed by atoms with Gasteiger partial charge in [-0.05, 0) is 58.2 Å². The summed E-state index contributed by atoms with van der Waals surface area (Å²) in [5.74, 6) is 3.91. The highest BCUT2D eigenvalue weighted by Crippen LogP contribution is 2.45. The Hall–Kier alpha value is -1.84. The van der Waals surface area contributed by atoms with E-state index in [1.54, 1.807) is 13.2 Å². The highest BCUT2D eigenvalue weighted by Gasteiger charge is 2.18. The molecule has 9 heteroatoms. The molecule has 1 saturated heterocycles.